The number of hydrogen-bond acceptors (Lipinski definition) is 5. The summed E-state index contributed by atoms with van der Waals surface area (Å²) in [7, 11) is 1.32. The first-order valence-corrected chi connectivity index (χ1v) is 11.6. The van der Waals surface area contributed by atoms with Crippen LogP contribution in [-0.4, -0.2) is 24.0 Å². The monoisotopic (exact) mass is 498 g/mol. The number of amides is 1. The minimum atomic E-state index is -0.489. The molecule has 2 heterocycles. The Labute approximate surface area is 205 Å². The Morgan fingerprint density at radius 2 is 1.73 bits per heavy atom. The topological polar surface area (TPSA) is 68.3 Å². The molecule has 2 aromatic heterocycles. The van der Waals surface area contributed by atoms with Crippen molar-refractivity contribution in [3.63, 3.8) is 0 Å². The van der Waals surface area contributed by atoms with Crippen molar-refractivity contribution in [2.24, 2.45) is 0 Å². The van der Waals surface area contributed by atoms with Crippen molar-refractivity contribution in [2.45, 2.75) is 20.8 Å². The number of esters is 1. The van der Waals surface area contributed by atoms with Crippen LogP contribution < -0.4 is 5.32 Å². The molecule has 0 aliphatic carbocycles. The Kier molecular flexibility index (Phi) is 6.43. The number of thiophene rings is 1. The Bertz CT molecular complexity index is 1430. The van der Waals surface area contributed by atoms with Gasteiger partial charge in [-0.1, -0.05) is 41.4 Å². The van der Waals surface area contributed by atoms with E-state index in [0.29, 0.717) is 53.9 Å². The Balaban J connectivity index is 1.89. The molecule has 0 unspecified atom stereocenters. The molecule has 1 N–H and O–H groups in total. The number of halogens is 2. The SMILES string of the molecule is COC(=O)c1c(NC(=O)c2c(C)c(-c3ccc(Cl)cc3Cl)nc3ccccc23)sc(C)c1C. The van der Waals surface area contributed by atoms with Gasteiger partial charge >= 0.3 is 5.97 Å². The van der Waals surface area contributed by atoms with Gasteiger partial charge in [-0.2, -0.15) is 0 Å². The highest BCUT2D eigenvalue weighted by Crippen LogP contribution is 2.37. The molecule has 0 atom stereocenters. The fourth-order valence-corrected chi connectivity index (χ4v) is 5.31. The molecular formula is C25H20Cl2N2O3S. The van der Waals surface area contributed by atoms with Crippen LogP contribution in [-0.2, 0) is 4.74 Å². The summed E-state index contributed by atoms with van der Waals surface area (Å²) in [6.07, 6.45) is 0. The quantitative estimate of drug-likeness (QED) is 0.301. The number of fused-ring (bicyclic) bond motifs is 1. The van der Waals surface area contributed by atoms with Crippen molar-refractivity contribution < 1.29 is 14.3 Å². The minimum Gasteiger partial charge on any atom is -0.465 e. The third-order valence-electron chi connectivity index (χ3n) is 5.55. The Hall–Kier alpha value is -2.93. The van der Waals surface area contributed by atoms with Gasteiger partial charge in [0.15, 0.2) is 0 Å². The summed E-state index contributed by atoms with van der Waals surface area (Å²) in [5.74, 6) is -0.832. The zero-order valence-corrected chi connectivity index (χ0v) is 20.7. The Morgan fingerprint density at radius 3 is 2.42 bits per heavy atom. The maximum atomic E-state index is 13.6. The maximum absolute atomic E-state index is 13.6. The number of carbonyl (C=O) groups excluding carboxylic acids is 2. The zero-order valence-electron chi connectivity index (χ0n) is 18.4. The molecule has 0 saturated heterocycles. The van der Waals surface area contributed by atoms with E-state index in [0.717, 1.165) is 10.4 Å². The largest absolute Gasteiger partial charge is 0.465 e. The van der Waals surface area contributed by atoms with Crippen molar-refractivity contribution >= 4 is 62.3 Å². The number of ether oxygens (including phenoxy) is 1. The summed E-state index contributed by atoms with van der Waals surface area (Å²) < 4.78 is 4.93. The molecule has 168 valence electrons. The predicted molar refractivity (Wildman–Crippen MR) is 135 cm³/mol. The lowest BCUT2D eigenvalue weighted by Gasteiger charge is -2.15. The van der Waals surface area contributed by atoms with Gasteiger partial charge in [0.05, 0.1) is 34.5 Å². The number of carbonyl (C=O) groups is 2. The molecule has 0 spiro atoms. The van der Waals surface area contributed by atoms with Gasteiger partial charge in [-0.15, -0.1) is 11.3 Å². The maximum Gasteiger partial charge on any atom is 0.341 e. The molecule has 33 heavy (non-hydrogen) atoms. The molecule has 0 radical (unpaired) electrons. The van der Waals surface area contributed by atoms with Crippen LogP contribution in [0.1, 0.15) is 36.7 Å². The van der Waals surface area contributed by atoms with E-state index >= 15 is 0 Å². The van der Waals surface area contributed by atoms with Crippen molar-refractivity contribution in [1.29, 1.82) is 0 Å². The van der Waals surface area contributed by atoms with Gasteiger partial charge in [0.25, 0.3) is 5.91 Å². The van der Waals surface area contributed by atoms with E-state index in [1.165, 1.54) is 18.4 Å². The second kappa shape index (κ2) is 9.14. The van der Waals surface area contributed by atoms with Crippen molar-refractivity contribution in [1.82, 2.24) is 4.98 Å². The van der Waals surface area contributed by atoms with E-state index in [4.69, 9.17) is 32.9 Å². The van der Waals surface area contributed by atoms with Crippen LogP contribution in [0.4, 0.5) is 5.00 Å². The van der Waals surface area contributed by atoms with E-state index in [1.807, 2.05) is 45.0 Å². The first-order valence-electron chi connectivity index (χ1n) is 10.1. The molecular weight excluding hydrogens is 479 g/mol. The fourth-order valence-electron chi connectivity index (χ4n) is 3.77. The van der Waals surface area contributed by atoms with Gasteiger partial charge in [-0.3, -0.25) is 4.79 Å². The summed E-state index contributed by atoms with van der Waals surface area (Å²) in [5, 5.41) is 5.04. The first-order chi connectivity index (χ1) is 15.7. The molecule has 0 aliphatic heterocycles. The zero-order chi connectivity index (χ0) is 23.9. The lowest BCUT2D eigenvalue weighted by Crippen LogP contribution is -2.17. The minimum absolute atomic E-state index is 0.344. The third-order valence-corrected chi connectivity index (χ3v) is 7.22. The molecule has 0 aliphatic rings. The average Bonchev–Trinajstić information content (AvgIpc) is 3.05. The molecule has 1 amide bonds. The number of hydrogen-bond donors (Lipinski definition) is 1. The van der Waals surface area contributed by atoms with Crippen LogP contribution in [0, 0.1) is 20.8 Å². The predicted octanol–water partition coefficient (Wildman–Crippen LogP) is 7.23. The van der Waals surface area contributed by atoms with E-state index in [-0.39, 0.29) is 5.91 Å². The van der Waals surface area contributed by atoms with Crippen molar-refractivity contribution in [3.05, 3.63) is 79.6 Å². The number of benzene rings is 2. The molecule has 2 aromatic carbocycles. The molecule has 8 heteroatoms. The molecule has 0 saturated carbocycles. The van der Waals surface area contributed by atoms with Gasteiger partial charge in [-0.05, 0) is 56.2 Å². The van der Waals surface area contributed by atoms with Gasteiger partial charge in [0.2, 0.25) is 0 Å². The number of methoxy groups -OCH3 is 1. The van der Waals surface area contributed by atoms with Crippen molar-refractivity contribution in [3.8, 4) is 11.3 Å². The molecule has 0 fully saturated rings. The number of aromatic nitrogens is 1. The first kappa shape index (κ1) is 23.2. The summed E-state index contributed by atoms with van der Waals surface area (Å²) in [6, 6.07) is 12.6. The number of nitrogens with one attached hydrogen (secondary N) is 1. The summed E-state index contributed by atoms with van der Waals surface area (Å²) >= 11 is 13.9. The molecule has 0 bridgehead atoms. The summed E-state index contributed by atoms with van der Waals surface area (Å²) in [6.45, 7) is 5.57. The number of aryl methyl sites for hydroxylation is 1. The number of para-hydroxylation sites is 1. The second-order valence-electron chi connectivity index (χ2n) is 7.53. The second-order valence-corrected chi connectivity index (χ2v) is 9.60. The highest BCUT2D eigenvalue weighted by atomic mass is 35.5. The highest BCUT2D eigenvalue weighted by molar-refractivity contribution is 7.16. The van der Waals surface area contributed by atoms with Crippen LogP contribution in [0.5, 0.6) is 0 Å². The molecule has 4 rings (SSSR count). The van der Waals surface area contributed by atoms with Gasteiger partial charge in [0, 0.05) is 20.8 Å². The standard InChI is InChI=1S/C25H20Cl2N2O3S/c1-12-14(3)33-24(21(12)25(31)32-4)29-23(30)20-13(2)22(16-10-9-15(26)11-18(16)27)28-19-8-6-5-7-17(19)20/h5-11H,1-4H3,(H,29,30). The van der Waals surface area contributed by atoms with Crippen LogP contribution >= 0.6 is 34.5 Å². The van der Waals surface area contributed by atoms with Crippen LogP contribution in [0.3, 0.4) is 0 Å². The number of nitrogens with zero attached hydrogens (tertiary/aromatic N) is 1. The normalized spacial score (nSPS) is 11.0. The molecule has 4 aromatic rings. The number of anilines is 1. The summed E-state index contributed by atoms with van der Waals surface area (Å²) in [4.78, 5) is 31.7. The lowest BCUT2D eigenvalue weighted by molar-refractivity contribution is 0.0601. The van der Waals surface area contributed by atoms with Gasteiger partial charge in [-0.25, -0.2) is 9.78 Å². The summed E-state index contributed by atoms with van der Waals surface area (Å²) in [5.41, 5.74) is 4.20. The van der Waals surface area contributed by atoms with E-state index in [9.17, 15) is 9.59 Å². The van der Waals surface area contributed by atoms with Crippen LogP contribution in [0.25, 0.3) is 22.2 Å². The van der Waals surface area contributed by atoms with Crippen molar-refractivity contribution in [2.75, 3.05) is 12.4 Å². The van der Waals surface area contributed by atoms with E-state index < -0.39 is 5.97 Å². The average molecular weight is 499 g/mol. The number of rotatable bonds is 4. The van der Waals surface area contributed by atoms with Gasteiger partial charge in [0.1, 0.15) is 5.00 Å². The van der Waals surface area contributed by atoms with Gasteiger partial charge < -0.3 is 10.1 Å². The highest BCUT2D eigenvalue weighted by Gasteiger charge is 2.25. The fraction of sp³-hybridized carbons (Fsp3) is 0.160. The van der Waals surface area contributed by atoms with Crippen LogP contribution in [0.15, 0.2) is 42.5 Å². The lowest BCUT2D eigenvalue weighted by atomic mass is 9.97. The van der Waals surface area contributed by atoms with E-state index in [1.54, 1.807) is 18.2 Å². The third kappa shape index (κ3) is 4.22. The number of pyridine rings is 1. The molecule has 5 nitrogen and oxygen atoms in total. The Morgan fingerprint density at radius 1 is 1.00 bits per heavy atom. The van der Waals surface area contributed by atoms with E-state index in [2.05, 4.69) is 5.32 Å². The van der Waals surface area contributed by atoms with Crippen LogP contribution in [0.2, 0.25) is 10.0 Å². The smallest absolute Gasteiger partial charge is 0.341 e.